The Morgan fingerprint density at radius 1 is 1.17 bits per heavy atom. The highest BCUT2D eigenvalue weighted by atomic mass is 32.2. The average molecular weight is 536 g/mol. The molecule has 0 bridgehead atoms. The first-order chi connectivity index (χ1) is 17.1. The highest BCUT2D eigenvalue weighted by Gasteiger charge is 2.39. The van der Waals surface area contributed by atoms with Crippen molar-refractivity contribution in [1.29, 1.82) is 0 Å². The van der Waals surface area contributed by atoms with Crippen molar-refractivity contribution in [3.8, 4) is 11.4 Å². The zero-order valence-electron chi connectivity index (χ0n) is 20.2. The number of rotatable bonds is 9. The number of aromatic amines is 1. The number of hydrogen-bond donors (Lipinski definition) is 2. The molecule has 1 fully saturated rings. The molecule has 2 aromatic carbocycles. The average Bonchev–Trinajstić information content (AvgIpc) is 3.33. The molecule has 1 aliphatic heterocycles. The molecule has 36 heavy (non-hydrogen) atoms. The summed E-state index contributed by atoms with van der Waals surface area (Å²) in [4.78, 5) is 3.91. The van der Waals surface area contributed by atoms with Crippen LogP contribution in [-0.4, -0.2) is 60.4 Å². The first-order valence-corrected chi connectivity index (χ1v) is 15.2. The zero-order chi connectivity index (χ0) is 25.9. The second-order valence-electron chi connectivity index (χ2n) is 9.12. The summed E-state index contributed by atoms with van der Waals surface area (Å²) in [5.74, 6) is -0.557. The molecular weight excluding hydrogens is 505 g/mol. The predicted octanol–water partition coefficient (Wildman–Crippen LogP) is 3.59. The SMILES string of the molecule is CC1CCC(CCCNc2ccccc2)S(=O)(=O)N1Cc1ccc(-c2n[nH]c(S(C)(=O)=O)n2)cc1F. The Balaban J connectivity index is 1.43. The Morgan fingerprint density at radius 3 is 2.58 bits per heavy atom. The normalized spacial score (nSPS) is 20.3. The number of sulfone groups is 1. The molecule has 4 rings (SSSR count). The fraction of sp³-hybridized carbons (Fsp3) is 0.417. The van der Waals surface area contributed by atoms with E-state index >= 15 is 4.39 Å². The second kappa shape index (κ2) is 10.7. The Kier molecular flexibility index (Phi) is 7.76. The maximum atomic E-state index is 15.0. The van der Waals surface area contributed by atoms with E-state index in [0.717, 1.165) is 11.9 Å². The monoisotopic (exact) mass is 535 g/mol. The van der Waals surface area contributed by atoms with E-state index in [4.69, 9.17) is 0 Å². The standard InChI is InChI=1S/C24H30FN5O4S2/c1-17-10-13-21(9-6-14-26-20-7-4-3-5-8-20)36(33,34)30(17)16-19-12-11-18(15-22(19)25)23-27-24(29-28-23)35(2,31)32/h3-5,7-8,11-12,15,17,21,26H,6,9-10,13-14,16H2,1-2H3,(H,27,28,29). The van der Waals surface area contributed by atoms with Crippen LogP contribution >= 0.6 is 0 Å². The van der Waals surface area contributed by atoms with Crippen molar-refractivity contribution in [2.24, 2.45) is 0 Å². The van der Waals surface area contributed by atoms with Crippen LogP contribution in [0.2, 0.25) is 0 Å². The molecule has 1 saturated heterocycles. The fourth-order valence-corrected chi connectivity index (χ4v) is 7.02. The molecule has 0 spiro atoms. The van der Waals surface area contributed by atoms with E-state index < -0.39 is 30.9 Å². The number of halogens is 1. The molecule has 2 atom stereocenters. The van der Waals surface area contributed by atoms with Gasteiger partial charge in [-0.2, -0.15) is 14.4 Å². The summed E-state index contributed by atoms with van der Waals surface area (Å²) in [6.07, 6.45) is 3.52. The van der Waals surface area contributed by atoms with Gasteiger partial charge >= 0.3 is 0 Å². The number of nitrogens with one attached hydrogen (secondary N) is 2. The minimum atomic E-state index is -3.61. The maximum Gasteiger partial charge on any atom is 0.243 e. The van der Waals surface area contributed by atoms with Crippen molar-refractivity contribution in [1.82, 2.24) is 19.5 Å². The van der Waals surface area contributed by atoms with Gasteiger partial charge in [0.1, 0.15) is 5.82 Å². The first kappa shape index (κ1) is 26.2. The molecule has 0 saturated carbocycles. The van der Waals surface area contributed by atoms with E-state index in [2.05, 4.69) is 20.5 Å². The third-order valence-corrected chi connectivity index (χ3v) is 9.75. The van der Waals surface area contributed by atoms with E-state index in [1.807, 2.05) is 37.3 Å². The van der Waals surface area contributed by atoms with Crippen LogP contribution in [0.3, 0.4) is 0 Å². The van der Waals surface area contributed by atoms with Crippen LogP contribution in [0.4, 0.5) is 10.1 Å². The smallest absolute Gasteiger partial charge is 0.243 e. The van der Waals surface area contributed by atoms with Gasteiger partial charge in [0.05, 0.1) is 5.25 Å². The second-order valence-corrected chi connectivity index (χ2v) is 13.2. The van der Waals surface area contributed by atoms with Crippen LogP contribution in [0.1, 0.15) is 38.2 Å². The number of para-hydroxylation sites is 1. The molecule has 2 heterocycles. The van der Waals surface area contributed by atoms with Crippen LogP contribution < -0.4 is 5.32 Å². The molecule has 1 aromatic heterocycles. The van der Waals surface area contributed by atoms with Crippen LogP contribution in [0.5, 0.6) is 0 Å². The van der Waals surface area contributed by atoms with Crippen LogP contribution in [-0.2, 0) is 26.4 Å². The summed E-state index contributed by atoms with van der Waals surface area (Å²) >= 11 is 0. The van der Waals surface area contributed by atoms with Crippen molar-refractivity contribution in [3.05, 3.63) is 59.9 Å². The molecule has 2 N–H and O–H groups in total. The zero-order valence-corrected chi connectivity index (χ0v) is 21.8. The molecule has 2 unspecified atom stereocenters. The van der Waals surface area contributed by atoms with Gasteiger partial charge in [-0.05, 0) is 50.8 Å². The molecule has 194 valence electrons. The molecule has 0 radical (unpaired) electrons. The molecule has 0 aliphatic carbocycles. The number of benzene rings is 2. The van der Waals surface area contributed by atoms with Gasteiger partial charge in [-0.3, -0.25) is 0 Å². The van der Waals surface area contributed by atoms with Gasteiger partial charge < -0.3 is 5.32 Å². The van der Waals surface area contributed by atoms with Crippen molar-refractivity contribution in [2.75, 3.05) is 18.1 Å². The molecule has 9 nitrogen and oxygen atoms in total. The lowest BCUT2D eigenvalue weighted by Crippen LogP contribution is -2.48. The minimum Gasteiger partial charge on any atom is -0.385 e. The third kappa shape index (κ3) is 5.93. The van der Waals surface area contributed by atoms with Crippen LogP contribution in [0.25, 0.3) is 11.4 Å². The van der Waals surface area contributed by atoms with Crippen molar-refractivity contribution in [2.45, 2.75) is 55.6 Å². The van der Waals surface area contributed by atoms with Gasteiger partial charge in [0.2, 0.25) is 25.0 Å². The maximum absolute atomic E-state index is 15.0. The number of aromatic nitrogens is 3. The van der Waals surface area contributed by atoms with E-state index in [-0.39, 0.29) is 29.1 Å². The van der Waals surface area contributed by atoms with Gasteiger partial charge in [-0.15, -0.1) is 0 Å². The number of anilines is 1. The van der Waals surface area contributed by atoms with Gasteiger partial charge in [0.25, 0.3) is 0 Å². The van der Waals surface area contributed by atoms with E-state index in [1.165, 1.54) is 16.4 Å². The highest BCUT2D eigenvalue weighted by molar-refractivity contribution is 7.90. The highest BCUT2D eigenvalue weighted by Crippen LogP contribution is 2.31. The number of H-pyrrole nitrogens is 1. The summed E-state index contributed by atoms with van der Waals surface area (Å²) in [5, 5.41) is 8.67. The first-order valence-electron chi connectivity index (χ1n) is 11.8. The molecular formula is C24H30FN5O4S2. The van der Waals surface area contributed by atoms with E-state index in [1.54, 1.807) is 6.07 Å². The van der Waals surface area contributed by atoms with Crippen LogP contribution in [0, 0.1) is 5.82 Å². The Hall–Kier alpha value is -2.83. The van der Waals surface area contributed by atoms with Gasteiger partial charge in [-0.25, -0.2) is 26.3 Å². The van der Waals surface area contributed by atoms with Crippen LogP contribution in [0.15, 0.2) is 53.7 Å². The number of nitrogens with zero attached hydrogens (tertiary/aromatic N) is 3. The molecule has 3 aromatic rings. The van der Waals surface area contributed by atoms with Gasteiger partial charge in [-0.1, -0.05) is 30.3 Å². The van der Waals surface area contributed by atoms with Crippen molar-refractivity contribution in [3.63, 3.8) is 0 Å². The van der Waals surface area contributed by atoms with Gasteiger partial charge in [0.15, 0.2) is 5.82 Å². The summed E-state index contributed by atoms with van der Waals surface area (Å²) in [6, 6.07) is 13.8. The van der Waals surface area contributed by atoms with Crippen molar-refractivity contribution < 1.29 is 21.2 Å². The number of sulfonamides is 1. The molecule has 0 amide bonds. The third-order valence-electron chi connectivity index (χ3n) is 6.41. The predicted molar refractivity (Wildman–Crippen MR) is 136 cm³/mol. The Bertz CT molecular complexity index is 1410. The van der Waals surface area contributed by atoms with E-state index in [0.29, 0.717) is 37.8 Å². The summed E-state index contributed by atoms with van der Waals surface area (Å²) in [7, 11) is -7.18. The summed E-state index contributed by atoms with van der Waals surface area (Å²) in [5.41, 5.74) is 1.52. The lowest BCUT2D eigenvalue weighted by Gasteiger charge is -2.37. The Labute approximate surface area is 211 Å². The fourth-order valence-electron chi connectivity index (χ4n) is 4.34. The van der Waals surface area contributed by atoms with E-state index in [9.17, 15) is 16.8 Å². The quantitative estimate of drug-likeness (QED) is 0.401. The van der Waals surface area contributed by atoms with Crippen molar-refractivity contribution >= 4 is 25.5 Å². The lowest BCUT2D eigenvalue weighted by atomic mass is 10.1. The molecule has 12 heteroatoms. The topological polar surface area (TPSA) is 125 Å². The lowest BCUT2D eigenvalue weighted by molar-refractivity contribution is 0.275. The number of hydrogen-bond acceptors (Lipinski definition) is 7. The minimum absolute atomic E-state index is 0.0454. The summed E-state index contributed by atoms with van der Waals surface area (Å²) in [6.45, 7) is 2.44. The molecule has 1 aliphatic rings. The largest absolute Gasteiger partial charge is 0.385 e. The Morgan fingerprint density at radius 2 is 1.92 bits per heavy atom. The van der Waals surface area contributed by atoms with Gasteiger partial charge in [0, 0.05) is 42.2 Å². The summed E-state index contributed by atoms with van der Waals surface area (Å²) < 4.78 is 66.4.